The Morgan fingerprint density at radius 3 is 1.16 bits per heavy atom. The van der Waals surface area contributed by atoms with Crippen molar-refractivity contribution >= 4 is 43.0 Å². The van der Waals surface area contributed by atoms with E-state index in [9.17, 15) is 0 Å². The fourth-order valence-electron chi connectivity index (χ4n) is 4.90. The van der Waals surface area contributed by atoms with Gasteiger partial charge >= 0.3 is 0 Å². The van der Waals surface area contributed by atoms with E-state index in [1.54, 1.807) is 0 Å². The van der Waals surface area contributed by atoms with E-state index >= 15 is 0 Å². The third-order valence-electron chi connectivity index (χ3n) is 6.68. The summed E-state index contributed by atoms with van der Waals surface area (Å²) in [6.07, 6.45) is 0.743. The van der Waals surface area contributed by atoms with Gasteiger partial charge in [-0.25, -0.2) is 0 Å². The molecular formula is C35H34Br2. The lowest BCUT2D eigenvalue weighted by Gasteiger charge is -2.21. The van der Waals surface area contributed by atoms with Crippen LogP contribution in [0, 0.1) is 0 Å². The molecule has 4 aromatic rings. The summed E-state index contributed by atoms with van der Waals surface area (Å²) in [4.78, 5) is 0. The second-order valence-corrected chi connectivity index (χ2v) is 11.9. The molecule has 0 saturated carbocycles. The molecule has 0 unspecified atom stereocenters. The van der Waals surface area contributed by atoms with Crippen molar-refractivity contribution in [2.24, 2.45) is 0 Å². The van der Waals surface area contributed by atoms with Gasteiger partial charge < -0.3 is 0 Å². The van der Waals surface area contributed by atoms with Crippen LogP contribution in [-0.4, -0.2) is 0 Å². The van der Waals surface area contributed by atoms with Gasteiger partial charge in [-0.05, 0) is 56.4 Å². The summed E-state index contributed by atoms with van der Waals surface area (Å²) in [5.41, 5.74) is 10.2. The lowest BCUT2D eigenvalue weighted by molar-refractivity contribution is 0.862. The first-order valence-electron chi connectivity index (χ1n) is 12.9. The van der Waals surface area contributed by atoms with Crippen LogP contribution in [0.25, 0.3) is 11.1 Å². The summed E-state index contributed by atoms with van der Waals surface area (Å²) in [7, 11) is 0. The van der Waals surface area contributed by atoms with Crippen LogP contribution in [-0.2, 0) is 0 Å². The lowest BCUT2D eigenvalue weighted by atomic mass is 9.87. The first-order chi connectivity index (χ1) is 17.9. The first-order valence-corrected chi connectivity index (χ1v) is 14.5. The molecule has 0 saturated heterocycles. The molecule has 0 fully saturated rings. The van der Waals surface area contributed by atoms with Gasteiger partial charge in [-0.15, -0.1) is 0 Å². The number of rotatable bonds is 8. The van der Waals surface area contributed by atoms with E-state index in [4.69, 9.17) is 0 Å². The third kappa shape index (κ3) is 6.43. The zero-order valence-electron chi connectivity index (χ0n) is 22.0. The molecule has 0 spiro atoms. The molecule has 0 nitrogen and oxygen atoms in total. The van der Waals surface area contributed by atoms with E-state index in [1.807, 2.05) is 0 Å². The predicted octanol–water partition coefficient (Wildman–Crippen LogP) is 11.3. The zero-order chi connectivity index (χ0) is 26.4. The van der Waals surface area contributed by atoms with Crippen LogP contribution in [0.5, 0.6) is 0 Å². The van der Waals surface area contributed by atoms with Gasteiger partial charge in [0.15, 0.2) is 0 Å². The summed E-state index contributed by atoms with van der Waals surface area (Å²) < 4.78 is 2.32. The Balaban J connectivity index is 1.95. The highest BCUT2D eigenvalue weighted by Gasteiger charge is 2.19. The quantitative estimate of drug-likeness (QED) is 0.185. The molecule has 0 aliphatic heterocycles. The van der Waals surface area contributed by atoms with Crippen molar-refractivity contribution in [2.45, 2.75) is 46.0 Å². The largest absolute Gasteiger partial charge is 0.0622 e. The smallest absolute Gasteiger partial charge is 0.0120 e. The number of allylic oxidation sites excluding steroid dienone is 2. The van der Waals surface area contributed by atoms with E-state index in [1.165, 1.54) is 44.5 Å². The van der Waals surface area contributed by atoms with Crippen LogP contribution in [0.4, 0.5) is 0 Å². The standard InChI is InChI=1S/C35H34Br2/c1-24(2)28-19-11-13-21-30(28)34(26-15-7-5-8-16-26)32(36)23-33(37)35(27-17-9-6-10-18-27)31-22-14-12-20-29(31)25(3)4/h5-22,24-25H,23H2,1-4H3/b34-32+,35-33+. The minimum Gasteiger partial charge on any atom is -0.0622 e. The molecule has 0 atom stereocenters. The molecule has 188 valence electrons. The second kappa shape index (κ2) is 12.7. The molecule has 0 amide bonds. The Morgan fingerprint density at radius 1 is 0.486 bits per heavy atom. The highest BCUT2D eigenvalue weighted by molar-refractivity contribution is 9.12. The Bertz CT molecular complexity index is 1280. The number of halogens is 2. The average molecular weight is 614 g/mol. The first kappa shape index (κ1) is 27.4. The molecule has 0 aliphatic carbocycles. The minimum atomic E-state index is 0.423. The van der Waals surface area contributed by atoms with Gasteiger partial charge in [0.2, 0.25) is 0 Å². The molecule has 2 heteroatoms. The molecule has 0 radical (unpaired) electrons. The molecule has 0 aromatic heterocycles. The van der Waals surface area contributed by atoms with Gasteiger partial charge in [0, 0.05) is 15.4 Å². The second-order valence-electron chi connectivity index (χ2n) is 9.95. The van der Waals surface area contributed by atoms with Gasteiger partial charge in [-0.3, -0.25) is 0 Å². The van der Waals surface area contributed by atoms with Crippen molar-refractivity contribution in [2.75, 3.05) is 0 Å². The third-order valence-corrected chi connectivity index (χ3v) is 8.04. The maximum atomic E-state index is 4.08. The molecular weight excluding hydrogens is 580 g/mol. The van der Waals surface area contributed by atoms with Crippen molar-refractivity contribution in [3.8, 4) is 0 Å². The topological polar surface area (TPSA) is 0 Å². The van der Waals surface area contributed by atoms with E-state index in [2.05, 4.69) is 169 Å². The lowest BCUT2D eigenvalue weighted by Crippen LogP contribution is -2.01. The maximum Gasteiger partial charge on any atom is 0.0120 e. The van der Waals surface area contributed by atoms with E-state index < -0.39 is 0 Å². The fraction of sp³-hybridized carbons (Fsp3) is 0.200. The zero-order valence-corrected chi connectivity index (χ0v) is 25.2. The van der Waals surface area contributed by atoms with Crippen LogP contribution in [0.15, 0.2) is 118 Å². The highest BCUT2D eigenvalue weighted by Crippen LogP contribution is 2.42. The summed E-state index contributed by atoms with van der Waals surface area (Å²) in [6, 6.07) is 39.0. The molecule has 0 heterocycles. The van der Waals surface area contributed by atoms with Crippen LogP contribution in [0.1, 0.15) is 79.3 Å². The SMILES string of the molecule is CC(C)c1ccccc1/C(=C(/Br)C/C(Br)=C(/c1ccccc1)c1ccccc1C(C)C)c1ccccc1. The van der Waals surface area contributed by atoms with Crippen LogP contribution in [0.2, 0.25) is 0 Å². The average Bonchev–Trinajstić information content (AvgIpc) is 2.90. The van der Waals surface area contributed by atoms with Gasteiger partial charge in [0.05, 0.1) is 0 Å². The number of hydrogen-bond acceptors (Lipinski definition) is 0. The predicted molar refractivity (Wildman–Crippen MR) is 168 cm³/mol. The van der Waals surface area contributed by atoms with Crippen molar-refractivity contribution in [3.63, 3.8) is 0 Å². The van der Waals surface area contributed by atoms with Crippen LogP contribution in [0.3, 0.4) is 0 Å². The number of benzene rings is 4. The molecule has 0 bridgehead atoms. The molecule has 0 aliphatic rings. The fourth-order valence-corrected chi connectivity index (χ4v) is 6.72. The van der Waals surface area contributed by atoms with Crippen molar-refractivity contribution in [3.05, 3.63) is 152 Å². The van der Waals surface area contributed by atoms with Crippen molar-refractivity contribution < 1.29 is 0 Å². The Kier molecular flexibility index (Phi) is 9.40. The minimum absolute atomic E-state index is 0.423. The highest BCUT2D eigenvalue weighted by atomic mass is 79.9. The van der Waals surface area contributed by atoms with Crippen LogP contribution < -0.4 is 0 Å². The summed E-state index contributed by atoms with van der Waals surface area (Å²) in [5, 5.41) is 0. The summed E-state index contributed by atoms with van der Waals surface area (Å²) >= 11 is 8.16. The Morgan fingerprint density at radius 2 is 0.811 bits per heavy atom. The molecule has 0 N–H and O–H groups in total. The molecule has 4 aromatic carbocycles. The monoisotopic (exact) mass is 612 g/mol. The number of hydrogen-bond donors (Lipinski definition) is 0. The van der Waals surface area contributed by atoms with E-state index in [0.717, 1.165) is 15.4 Å². The molecule has 4 rings (SSSR count). The van der Waals surface area contributed by atoms with Crippen molar-refractivity contribution in [1.82, 2.24) is 0 Å². The molecule has 37 heavy (non-hydrogen) atoms. The van der Waals surface area contributed by atoms with Crippen molar-refractivity contribution in [1.29, 1.82) is 0 Å². The Labute approximate surface area is 239 Å². The summed E-state index contributed by atoms with van der Waals surface area (Å²) in [5.74, 6) is 0.846. The van der Waals surface area contributed by atoms with Gasteiger partial charge in [0.25, 0.3) is 0 Å². The Hall–Kier alpha value is -2.68. The maximum absolute atomic E-state index is 4.08. The van der Waals surface area contributed by atoms with Crippen LogP contribution >= 0.6 is 31.9 Å². The van der Waals surface area contributed by atoms with Gasteiger partial charge in [0.1, 0.15) is 0 Å². The van der Waals surface area contributed by atoms with Gasteiger partial charge in [-0.2, -0.15) is 0 Å². The van der Waals surface area contributed by atoms with E-state index in [-0.39, 0.29) is 0 Å². The summed E-state index contributed by atoms with van der Waals surface area (Å²) in [6.45, 7) is 9.06. The van der Waals surface area contributed by atoms with E-state index in [0.29, 0.717) is 11.8 Å². The van der Waals surface area contributed by atoms with Gasteiger partial charge in [-0.1, -0.05) is 169 Å². The normalized spacial score (nSPS) is 13.0.